The first kappa shape index (κ1) is 13.0. The number of aryl methyl sites for hydroxylation is 2. The number of hydrogen-bond donors (Lipinski definition) is 1. The standard InChI is InChI=1S/C16H19N3O2/c1-16(10-17-7-8-20-16)15-18-14(19-21-15)13-6-5-11-3-2-4-12(11)9-13/h5-6,9,17H,2-4,7-8,10H2,1H3. The van der Waals surface area contributed by atoms with Gasteiger partial charge in [0.25, 0.3) is 5.89 Å². The number of aromatic nitrogens is 2. The summed E-state index contributed by atoms with van der Waals surface area (Å²) < 4.78 is 11.3. The summed E-state index contributed by atoms with van der Waals surface area (Å²) in [5, 5.41) is 7.44. The maximum atomic E-state index is 5.82. The topological polar surface area (TPSA) is 60.2 Å². The van der Waals surface area contributed by atoms with Crippen molar-refractivity contribution in [3.63, 3.8) is 0 Å². The molecule has 1 unspecified atom stereocenters. The van der Waals surface area contributed by atoms with Gasteiger partial charge in [0.05, 0.1) is 6.61 Å². The van der Waals surface area contributed by atoms with E-state index in [2.05, 4.69) is 33.7 Å². The smallest absolute Gasteiger partial charge is 0.260 e. The molecule has 1 aliphatic heterocycles. The Kier molecular flexibility index (Phi) is 3.05. The molecule has 2 aromatic rings. The van der Waals surface area contributed by atoms with E-state index >= 15 is 0 Å². The first-order valence-corrected chi connectivity index (χ1v) is 7.56. The summed E-state index contributed by atoms with van der Waals surface area (Å²) in [6.45, 7) is 4.20. The fraction of sp³-hybridized carbons (Fsp3) is 0.500. The van der Waals surface area contributed by atoms with Gasteiger partial charge in [-0.25, -0.2) is 0 Å². The highest BCUT2D eigenvalue weighted by atomic mass is 16.5. The molecule has 0 amide bonds. The molecule has 1 N–H and O–H groups in total. The fourth-order valence-corrected chi connectivity index (χ4v) is 3.13. The summed E-state index contributed by atoms with van der Waals surface area (Å²) >= 11 is 0. The van der Waals surface area contributed by atoms with E-state index in [1.807, 2.05) is 6.92 Å². The minimum Gasteiger partial charge on any atom is -0.363 e. The van der Waals surface area contributed by atoms with Gasteiger partial charge in [-0.2, -0.15) is 4.98 Å². The summed E-state index contributed by atoms with van der Waals surface area (Å²) in [4.78, 5) is 4.56. The van der Waals surface area contributed by atoms with Gasteiger partial charge in [-0.15, -0.1) is 0 Å². The molecule has 1 saturated heterocycles. The normalized spacial score (nSPS) is 25.0. The van der Waals surface area contributed by atoms with Crippen LogP contribution in [0.4, 0.5) is 0 Å². The number of hydrogen-bond acceptors (Lipinski definition) is 5. The van der Waals surface area contributed by atoms with Crippen molar-refractivity contribution in [3.8, 4) is 11.4 Å². The molecule has 21 heavy (non-hydrogen) atoms. The highest BCUT2D eigenvalue weighted by Crippen LogP contribution is 2.29. The zero-order chi connectivity index (χ0) is 14.3. The van der Waals surface area contributed by atoms with Gasteiger partial charge in [-0.05, 0) is 43.4 Å². The number of morpholine rings is 1. The van der Waals surface area contributed by atoms with Gasteiger partial charge in [0.1, 0.15) is 0 Å². The monoisotopic (exact) mass is 285 g/mol. The Labute approximate surface area is 123 Å². The Balaban J connectivity index is 1.65. The maximum absolute atomic E-state index is 5.82. The molecular formula is C16H19N3O2. The lowest BCUT2D eigenvalue weighted by atomic mass is 10.0. The predicted molar refractivity (Wildman–Crippen MR) is 77.9 cm³/mol. The fourth-order valence-electron chi connectivity index (χ4n) is 3.13. The second-order valence-electron chi connectivity index (χ2n) is 6.02. The van der Waals surface area contributed by atoms with Gasteiger partial charge >= 0.3 is 0 Å². The Bertz CT molecular complexity index is 659. The van der Waals surface area contributed by atoms with Crippen LogP contribution in [0.15, 0.2) is 22.7 Å². The quantitative estimate of drug-likeness (QED) is 0.915. The molecular weight excluding hydrogens is 266 g/mol. The van der Waals surface area contributed by atoms with E-state index in [1.165, 1.54) is 24.0 Å². The van der Waals surface area contributed by atoms with Crippen LogP contribution >= 0.6 is 0 Å². The molecule has 5 nitrogen and oxygen atoms in total. The Morgan fingerprint density at radius 2 is 2.14 bits per heavy atom. The van der Waals surface area contributed by atoms with Crippen LogP contribution in [0.5, 0.6) is 0 Å². The van der Waals surface area contributed by atoms with Gasteiger partial charge < -0.3 is 14.6 Å². The zero-order valence-corrected chi connectivity index (χ0v) is 12.2. The Hall–Kier alpha value is -1.72. The van der Waals surface area contributed by atoms with Crippen molar-refractivity contribution in [2.45, 2.75) is 31.8 Å². The van der Waals surface area contributed by atoms with Gasteiger partial charge in [0.15, 0.2) is 5.60 Å². The van der Waals surface area contributed by atoms with E-state index in [4.69, 9.17) is 9.26 Å². The molecule has 1 fully saturated rings. The van der Waals surface area contributed by atoms with Gasteiger partial charge in [0.2, 0.25) is 5.82 Å². The van der Waals surface area contributed by atoms with Crippen LogP contribution in [0.2, 0.25) is 0 Å². The minimum absolute atomic E-state index is 0.528. The molecule has 4 rings (SSSR count). The first-order chi connectivity index (χ1) is 10.2. The number of rotatable bonds is 2. The number of fused-ring (bicyclic) bond motifs is 1. The van der Waals surface area contributed by atoms with E-state index in [9.17, 15) is 0 Å². The first-order valence-electron chi connectivity index (χ1n) is 7.56. The second kappa shape index (κ2) is 4.93. The maximum Gasteiger partial charge on any atom is 0.260 e. The van der Waals surface area contributed by atoms with Crippen molar-refractivity contribution in [1.29, 1.82) is 0 Å². The van der Waals surface area contributed by atoms with E-state index < -0.39 is 5.60 Å². The van der Waals surface area contributed by atoms with E-state index in [1.54, 1.807) is 0 Å². The lowest BCUT2D eigenvalue weighted by Gasteiger charge is -2.30. The lowest BCUT2D eigenvalue weighted by Crippen LogP contribution is -2.45. The second-order valence-corrected chi connectivity index (χ2v) is 6.02. The van der Waals surface area contributed by atoms with Crippen LogP contribution in [-0.2, 0) is 23.2 Å². The van der Waals surface area contributed by atoms with Gasteiger partial charge in [-0.1, -0.05) is 17.3 Å². The average molecular weight is 285 g/mol. The minimum atomic E-state index is -0.528. The summed E-state index contributed by atoms with van der Waals surface area (Å²) in [5.74, 6) is 1.19. The molecule has 1 aliphatic carbocycles. The van der Waals surface area contributed by atoms with Gasteiger partial charge in [0, 0.05) is 18.7 Å². The molecule has 2 heterocycles. The molecule has 0 saturated carbocycles. The third kappa shape index (κ3) is 2.26. The lowest BCUT2D eigenvalue weighted by molar-refractivity contribution is -0.0767. The van der Waals surface area contributed by atoms with E-state index in [-0.39, 0.29) is 0 Å². The molecule has 1 aromatic heterocycles. The van der Waals surface area contributed by atoms with Crippen molar-refractivity contribution in [2.24, 2.45) is 0 Å². The van der Waals surface area contributed by atoms with Crippen molar-refractivity contribution in [2.75, 3.05) is 19.7 Å². The Morgan fingerprint density at radius 1 is 1.24 bits per heavy atom. The SMILES string of the molecule is CC1(c2nc(-c3ccc4c(c3)CCC4)no2)CNCCO1. The van der Waals surface area contributed by atoms with Crippen molar-refractivity contribution in [3.05, 3.63) is 35.2 Å². The Morgan fingerprint density at radius 3 is 3.00 bits per heavy atom. The number of benzene rings is 1. The number of ether oxygens (including phenoxy) is 1. The molecule has 1 aromatic carbocycles. The van der Waals surface area contributed by atoms with Crippen LogP contribution in [0.3, 0.4) is 0 Å². The van der Waals surface area contributed by atoms with Gasteiger partial charge in [-0.3, -0.25) is 0 Å². The predicted octanol–water partition coefficient (Wildman–Crippen LogP) is 2.06. The van der Waals surface area contributed by atoms with Crippen molar-refractivity contribution >= 4 is 0 Å². The third-order valence-corrected chi connectivity index (χ3v) is 4.40. The summed E-state index contributed by atoms with van der Waals surface area (Å²) in [7, 11) is 0. The third-order valence-electron chi connectivity index (χ3n) is 4.40. The average Bonchev–Trinajstić information content (AvgIpc) is 3.17. The molecule has 2 aliphatic rings. The molecule has 1 atom stereocenters. The molecule has 5 heteroatoms. The zero-order valence-electron chi connectivity index (χ0n) is 12.2. The van der Waals surface area contributed by atoms with Crippen LogP contribution in [0.25, 0.3) is 11.4 Å². The van der Waals surface area contributed by atoms with Crippen molar-refractivity contribution < 1.29 is 9.26 Å². The summed E-state index contributed by atoms with van der Waals surface area (Å²) in [6, 6.07) is 6.47. The number of nitrogens with one attached hydrogen (secondary N) is 1. The molecule has 0 bridgehead atoms. The van der Waals surface area contributed by atoms with Crippen LogP contribution in [0.1, 0.15) is 30.4 Å². The highest BCUT2D eigenvalue weighted by Gasteiger charge is 2.36. The number of nitrogens with zero attached hydrogens (tertiary/aromatic N) is 2. The molecule has 0 radical (unpaired) electrons. The highest BCUT2D eigenvalue weighted by molar-refractivity contribution is 5.57. The molecule has 110 valence electrons. The van der Waals surface area contributed by atoms with Crippen LogP contribution in [-0.4, -0.2) is 29.8 Å². The van der Waals surface area contributed by atoms with Crippen LogP contribution < -0.4 is 5.32 Å². The van der Waals surface area contributed by atoms with Crippen molar-refractivity contribution in [1.82, 2.24) is 15.5 Å². The van der Waals surface area contributed by atoms with E-state index in [0.29, 0.717) is 24.9 Å². The summed E-state index contributed by atoms with van der Waals surface area (Å²) in [6.07, 6.45) is 3.58. The molecule has 0 spiro atoms. The largest absolute Gasteiger partial charge is 0.363 e. The van der Waals surface area contributed by atoms with Crippen LogP contribution in [0, 0.1) is 0 Å². The summed E-state index contributed by atoms with van der Waals surface area (Å²) in [5.41, 5.74) is 3.37. The van der Waals surface area contributed by atoms with E-state index in [0.717, 1.165) is 18.5 Å².